The number of aliphatic hydroxyl groups is 1. The standard InChI is InChI=1S/C17H14ClNO2/c18-15-10-3-4-11-16(15)19-17(21)14-9-2-1-7-13(14)8-5-6-12-20/h1-4,7,9-11,20H,6,12H2,(H,19,21). The summed E-state index contributed by atoms with van der Waals surface area (Å²) >= 11 is 6.03. The van der Waals surface area contributed by atoms with Crippen molar-refractivity contribution in [1.82, 2.24) is 0 Å². The molecule has 0 radical (unpaired) electrons. The number of carbonyl (C=O) groups excluding carboxylic acids is 1. The molecule has 2 N–H and O–H groups in total. The number of halogens is 1. The third-order valence-electron chi connectivity index (χ3n) is 2.75. The molecule has 106 valence electrons. The molecule has 0 aliphatic heterocycles. The van der Waals surface area contributed by atoms with Crippen LogP contribution in [-0.4, -0.2) is 17.6 Å². The van der Waals surface area contributed by atoms with E-state index in [0.717, 1.165) is 0 Å². The van der Waals surface area contributed by atoms with E-state index >= 15 is 0 Å². The first-order valence-corrected chi connectivity index (χ1v) is 6.85. The molecule has 2 aromatic carbocycles. The van der Waals surface area contributed by atoms with E-state index in [1.165, 1.54) is 0 Å². The van der Waals surface area contributed by atoms with Gasteiger partial charge in [-0.05, 0) is 24.3 Å². The van der Waals surface area contributed by atoms with Gasteiger partial charge in [-0.3, -0.25) is 4.79 Å². The molecule has 0 aromatic heterocycles. The van der Waals surface area contributed by atoms with Crippen LogP contribution >= 0.6 is 11.6 Å². The number of rotatable bonds is 3. The Morgan fingerprint density at radius 3 is 2.62 bits per heavy atom. The third-order valence-corrected chi connectivity index (χ3v) is 3.08. The first kappa shape index (κ1) is 15.1. The van der Waals surface area contributed by atoms with Crippen LogP contribution in [0.5, 0.6) is 0 Å². The van der Waals surface area contributed by atoms with E-state index in [1.54, 1.807) is 42.5 Å². The average Bonchev–Trinajstić information content (AvgIpc) is 2.50. The van der Waals surface area contributed by atoms with Crippen molar-refractivity contribution in [3.05, 3.63) is 64.7 Å². The van der Waals surface area contributed by atoms with Crippen LogP contribution in [0.4, 0.5) is 5.69 Å². The topological polar surface area (TPSA) is 49.3 Å². The van der Waals surface area contributed by atoms with E-state index in [0.29, 0.717) is 28.3 Å². The number of anilines is 1. The van der Waals surface area contributed by atoms with Crippen LogP contribution in [0, 0.1) is 11.8 Å². The molecule has 0 bridgehead atoms. The second kappa shape index (κ2) is 7.49. The van der Waals surface area contributed by atoms with E-state index in [4.69, 9.17) is 16.7 Å². The minimum atomic E-state index is -0.267. The molecule has 0 aliphatic rings. The lowest BCUT2D eigenvalue weighted by molar-refractivity contribution is 0.102. The molecule has 0 spiro atoms. The number of benzene rings is 2. The van der Waals surface area contributed by atoms with Crippen molar-refractivity contribution in [3.63, 3.8) is 0 Å². The smallest absolute Gasteiger partial charge is 0.256 e. The normalized spacial score (nSPS) is 9.62. The molecule has 0 unspecified atom stereocenters. The number of carbonyl (C=O) groups is 1. The minimum Gasteiger partial charge on any atom is -0.395 e. The molecule has 21 heavy (non-hydrogen) atoms. The summed E-state index contributed by atoms with van der Waals surface area (Å²) in [4.78, 5) is 12.3. The van der Waals surface area contributed by atoms with Gasteiger partial charge >= 0.3 is 0 Å². The zero-order valence-corrected chi connectivity index (χ0v) is 12.0. The van der Waals surface area contributed by atoms with Crippen molar-refractivity contribution in [3.8, 4) is 11.8 Å². The number of hydrogen-bond acceptors (Lipinski definition) is 2. The maximum absolute atomic E-state index is 12.3. The SMILES string of the molecule is O=C(Nc1ccccc1Cl)c1ccccc1C#CCCO. The van der Waals surface area contributed by atoms with Crippen molar-refractivity contribution >= 4 is 23.2 Å². The van der Waals surface area contributed by atoms with Gasteiger partial charge in [0.25, 0.3) is 5.91 Å². The lowest BCUT2D eigenvalue weighted by atomic mass is 10.1. The highest BCUT2D eigenvalue weighted by atomic mass is 35.5. The average molecular weight is 300 g/mol. The molecule has 2 aromatic rings. The van der Waals surface area contributed by atoms with Gasteiger partial charge in [0, 0.05) is 12.0 Å². The van der Waals surface area contributed by atoms with Gasteiger partial charge < -0.3 is 10.4 Å². The summed E-state index contributed by atoms with van der Waals surface area (Å²) < 4.78 is 0. The Hall–Kier alpha value is -2.28. The van der Waals surface area contributed by atoms with Crippen LogP contribution in [0.15, 0.2) is 48.5 Å². The predicted molar refractivity (Wildman–Crippen MR) is 84.4 cm³/mol. The second-order valence-electron chi connectivity index (χ2n) is 4.25. The lowest BCUT2D eigenvalue weighted by Gasteiger charge is -2.08. The summed E-state index contributed by atoms with van der Waals surface area (Å²) in [6.07, 6.45) is 0.375. The number of nitrogens with one attached hydrogen (secondary N) is 1. The minimum absolute atomic E-state index is 0.000979. The second-order valence-corrected chi connectivity index (χ2v) is 4.66. The first-order valence-electron chi connectivity index (χ1n) is 6.47. The Bertz CT molecular complexity index is 701. The quantitative estimate of drug-likeness (QED) is 0.854. The number of hydrogen-bond donors (Lipinski definition) is 2. The zero-order valence-electron chi connectivity index (χ0n) is 11.3. The molecule has 0 atom stereocenters. The number of para-hydroxylation sites is 1. The lowest BCUT2D eigenvalue weighted by Crippen LogP contribution is -2.13. The fourth-order valence-electron chi connectivity index (χ4n) is 1.76. The maximum Gasteiger partial charge on any atom is 0.256 e. The summed E-state index contributed by atoms with van der Waals surface area (Å²) in [5.41, 5.74) is 1.65. The van der Waals surface area contributed by atoms with E-state index in [-0.39, 0.29) is 12.5 Å². The zero-order chi connectivity index (χ0) is 15.1. The fraction of sp³-hybridized carbons (Fsp3) is 0.118. The molecular formula is C17H14ClNO2. The Morgan fingerprint density at radius 1 is 1.14 bits per heavy atom. The van der Waals surface area contributed by atoms with Crippen molar-refractivity contribution < 1.29 is 9.90 Å². The molecule has 3 nitrogen and oxygen atoms in total. The van der Waals surface area contributed by atoms with Crippen LogP contribution in [0.2, 0.25) is 5.02 Å². The van der Waals surface area contributed by atoms with Gasteiger partial charge in [0.1, 0.15) is 0 Å². The van der Waals surface area contributed by atoms with Gasteiger partial charge in [0.15, 0.2) is 0 Å². The summed E-state index contributed by atoms with van der Waals surface area (Å²) in [6, 6.07) is 14.1. The van der Waals surface area contributed by atoms with Crippen LogP contribution in [0.25, 0.3) is 0 Å². The Balaban J connectivity index is 2.24. The van der Waals surface area contributed by atoms with Gasteiger partial charge in [0.05, 0.1) is 22.9 Å². The van der Waals surface area contributed by atoms with Crippen LogP contribution in [-0.2, 0) is 0 Å². The largest absolute Gasteiger partial charge is 0.395 e. The number of aliphatic hydroxyl groups excluding tert-OH is 1. The predicted octanol–water partition coefficient (Wildman–Crippen LogP) is 3.33. The summed E-state index contributed by atoms with van der Waals surface area (Å²) in [5, 5.41) is 12.0. The van der Waals surface area contributed by atoms with Crippen molar-refractivity contribution in [2.45, 2.75) is 6.42 Å². The molecule has 0 saturated heterocycles. The molecular weight excluding hydrogens is 286 g/mol. The Kier molecular flexibility index (Phi) is 5.39. The summed E-state index contributed by atoms with van der Waals surface area (Å²) in [5.74, 6) is 5.44. The van der Waals surface area contributed by atoms with Crippen molar-refractivity contribution in [1.29, 1.82) is 0 Å². The van der Waals surface area contributed by atoms with Crippen LogP contribution < -0.4 is 5.32 Å². The molecule has 0 fully saturated rings. The van der Waals surface area contributed by atoms with E-state index in [2.05, 4.69) is 17.2 Å². The first-order chi connectivity index (χ1) is 10.2. The van der Waals surface area contributed by atoms with Gasteiger partial charge in [-0.15, -0.1) is 0 Å². The van der Waals surface area contributed by atoms with Crippen LogP contribution in [0.1, 0.15) is 22.3 Å². The highest BCUT2D eigenvalue weighted by molar-refractivity contribution is 6.33. The highest BCUT2D eigenvalue weighted by Crippen LogP contribution is 2.21. The van der Waals surface area contributed by atoms with E-state index < -0.39 is 0 Å². The fourth-order valence-corrected chi connectivity index (χ4v) is 1.94. The molecule has 2 rings (SSSR count). The number of amides is 1. The molecule has 1 amide bonds. The third kappa shape index (κ3) is 4.09. The Labute approximate surface area is 128 Å². The van der Waals surface area contributed by atoms with Gasteiger partial charge in [0.2, 0.25) is 0 Å². The van der Waals surface area contributed by atoms with Gasteiger partial charge in [-0.1, -0.05) is 47.7 Å². The highest BCUT2D eigenvalue weighted by Gasteiger charge is 2.11. The maximum atomic E-state index is 12.3. The van der Waals surface area contributed by atoms with Gasteiger partial charge in [-0.25, -0.2) is 0 Å². The van der Waals surface area contributed by atoms with Crippen LogP contribution in [0.3, 0.4) is 0 Å². The summed E-state index contributed by atoms with van der Waals surface area (Å²) in [6.45, 7) is 0.000979. The van der Waals surface area contributed by atoms with E-state index in [9.17, 15) is 4.79 Å². The van der Waals surface area contributed by atoms with Gasteiger partial charge in [-0.2, -0.15) is 0 Å². The molecule has 0 saturated carbocycles. The van der Waals surface area contributed by atoms with Crippen molar-refractivity contribution in [2.24, 2.45) is 0 Å². The molecule has 4 heteroatoms. The molecule has 0 heterocycles. The van der Waals surface area contributed by atoms with Crippen molar-refractivity contribution in [2.75, 3.05) is 11.9 Å². The monoisotopic (exact) mass is 299 g/mol. The Morgan fingerprint density at radius 2 is 1.86 bits per heavy atom. The molecule has 0 aliphatic carbocycles. The van der Waals surface area contributed by atoms with E-state index in [1.807, 2.05) is 6.07 Å². The summed E-state index contributed by atoms with van der Waals surface area (Å²) in [7, 11) is 0.